The molecule has 6 nitrogen and oxygen atoms in total. The van der Waals surface area contributed by atoms with Crippen LogP contribution in [0.15, 0.2) is 72.8 Å². The fraction of sp³-hybridized carbons (Fsp3) is 0.0714. The SMILES string of the molecule is Cc1ccc(Nc2ccc(Nc3ccc(C)cc3)c3c2C(=O)c2ccc(O)c(O)c2C3=O)cc1. The molecule has 0 aromatic heterocycles. The molecule has 0 amide bonds. The van der Waals surface area contributed by atoms with Crippen LogP contribution in [0.25, 0.3) is 0 Å². The normalized spacial score (nSPS) is 12.2. The van der Waals surface area contributed by atoms with Crippen molar-refractivity contribution < 1.29 is 19.8 Å². The van der Waals surface area contributed by atoms with E-state index in [1.807, 2.05) is 62.4 Å². The highest BCUT2D eigenvalue weighted by atomic mass is 16.3. The van der Waals surface area contributed by atoms with Gasteiger partial charge in [0.05, 0.1) is 28.1 Å². The number of nitrogens with one attached hydrogen (secondary N) is 2. The number of phenolic OH excluding ortho intramolecular Hbond substituents is 2. The Morgan fingerprint density at radius 3 is 1.53 bits per heavy atom. The molecule has 168 valence electrons. The molecule has 4 N–H and O–H groups in total. The molecule has 5 rings (SSSR count). The second kappa shape index (κ2) is 8.08. The van der Waals surface area contributed by atoms with Crippen molar-refractivity contribution >= 4 is 34.3 Å². The topological polar surface area (TPSA) is 98.7 Å². The molecule has 0 radical (unpaired) electrons. The van der Waals surface area contributed by atoms with E-state index < -0.39 is 23.1 Å². The van der Waals surface area contributed by atoms with E-state index in [1.54, 1.807) is 12.1 Å². The van der Waals surface area contributed by atoms with Gasteiger partial charge in [0.25, 0.3) is 0 Å². The number of benzene rings is 4. The van der Waals surface area contributed by atoms with Crippen LogP contribution in [0.5, 0.6) is 11.5 Å². The molecular weight excluding hydrogens is 428 g/mol. The number of anilines is 4. The molecule has 0 bridgehead atoms. The summed E-state index contributed by atoms with van der Waals surface area (Å²) in [5.74, 6) is -2.01. The molecule has 0 aliphatic heterocycles. The summed E-state index contributed by atoms with van der Waals surface area (Å²) >= 11 is 0. The Morgan fingerprint density at radius 1 is 0.559 bits per heavy atom. The van der Waals surface area contributed by atoms with E-state index >= 15 is 0 Å². The van der Waals surface area contributed by atoms with E-state index in [0.717, 1.165) is 22.5 Å². The van der Waals surface area contributed by atoms with E-state index in [2.05, 4.69) is 10.6 Å². The predicted octanol–water partition coefficient (Wildman–Crippen LogP) is 5.98. The number of ketones is 2. The van der Waals surface area contributed by atoms with Crippen LogP contribution in [0.4, 0.5) is 22.7 Å². The number of phenols is 2. The van der Waals surface area contributed by atoms with Crippen LogP contribution in [0, 0.1) is 13.8 Å². The first-order valence-corrected chi connectivity index (χ1v) is 10.8. The van der Waals surface area contributed by atoms with Crippen molar-refractivity contribution in [2.24, 2.45) is 0 Å². The number of carbonyl (C=O) groups is 2. The summed E-state index contributed by atoms with van der Waals surface area (Å²) in [6, 6.07) is 21.4. The van der Waals surface area contributed by atoms with Crippen LogP contribution in [-0.4, -0.2) is 21.8 Å². The highest BCUT2D eigenvalue weighted by Crippen LogP contribution is 2.43. The molecule has 1 aliphatic rings. The maximum atomic E-state index is 13.6. The Morgan fingerprint density at radius 2 is 1.03 bits per heavy atom. The van der Waals surface area contributed by atoms with Gasteiger partial charge < -0.3 is 20.8 Å². The molecule has 0 unspecified atom stereocenters. The molecule has 1 aliphatic carbocycles. The zero-order chi connectivity index (χ0) is 24.0. The zero-order valence-corrected chi connectivity index (χ0v) is 18.6. The van der Waals surface area contributed by atoms with Crippen molar-refractivity contribution in [1.82, 2.24) is 0 Å². The van der Waals surface area contributed by atoms with Gasteiger partial charge >= 0.3 is 0 Å². The molecule has 6 heteroatoms. The van der Waals surface area contributed by atoms with Crippen LogP contribution in [-0.2, 0) is 0 Å². The van der Waals surface area contributed by atoms with E-state index in [-0.39, 0.29) is 22.3 Å². The summed E-state index contributed by atoms with van der Waals surface area (Å²) in [5.41, 5.74) is 4.81. The molecule has 4 aromatic rings. The van der Waals surface area contributed by atoms with Crippen LogP contribution in [0.2, 0.25) is 0 Å². The molecule has 0 saturated heterocycles. The summed E-state index contributed by atoms with van der Waals surface area (Å²) < 4.78 is 0. The molecule has 0 heterocycles. The van der Waals surface area contributed by atoms with Gasteiger partial charge in [-0.25, -0.2) is 0 Å². The summed E-state index contributed by atoms with van der Waals surface area (Å²) in [7, 11) is 0. The number of fused-ring (bicyclic) bond motifs is 2. The zero-order valence-electron chi connectivity index (χ0n) is 18.6. The predicted molar refractivity (Wildman–Crippen MR) is 132 cm³/mol. The van der Waals surface area contributed by atoms with Gasteiger partial charge in [-0.3, -0.25) is 9.59 Å². The van der Waals surface area contributed by atoms with Crippen molar-refractivity contribution in [3.05, 3.63) is 106 Å². The minimum Gasteiger partial charge on any atom is -0.504 e. The lowest BCUT2D eigenvalue weighted by Crippen LogP contribution is -2.23. The highest BCUT2D eigenvalue weighted by molar-refractivity contribution is 6.33. The smallest absolute Gasteiger partial charge is 0.200 e. The first-order chi connectivity index (χ1) is 16.3. The lowest BCUT2D eigenvalue weighted by molar-refractivity contribution is 0.0977. The summed E-state index contributed by atoms with van der Waals surface area (Å²) in [6.07, 6.45) is 0. The third kappa shape index (κ3) is 3.55. The number of carbonyl (C=O) groups excluding carboxylic acids is 2. The molecule has 34 heavy (non-hydrogen) atoms. The molecule has 0 spiro atoms. The van der Waals surface area contributed by atoms with Crippen LogP contribution >= 0.6 is 0 Å². The molecule has 4 aromatic carbocycles. The standard InChI is InChI=1S/C28H22N2O4/c1-15-3-7-17(8-4-15)29-20-12-13-21(30-18-9-5-16(2)6-10-18)25-24(20)26(32)19-11-14-22(31)27(33)23(19)28(25)34/h3-14,29-31,33H,1-2H3. The summed E-state index contributed by atoms with van der Waals surface area (Å²) in [6.45, 7) is 3.96. The lowest BCUT2D eigenvalue weighted by atomic mass is 9.81. The van der Waals surface area contributed by atoms with Gasteiger partial charge in [0, 0.05) is 16.9 Å². The number of hydrogen-bond donors (Lipinski definition) is 4. The maximum Gasteiger partial charge on any atom is 0.200 e. The summed E-state index contributed by atoms with van der Waals surface area (Å²) in [5, 5.41) is 26.9. The van der Waals surface area contributed by atoms with Gasteiger partial charge in [0.15, 0.2) is 17.3 Å². The van der Waals surface area contributed by atoms with E-state index in [1.165, 1.54) is 12.1 Å². The second-order valence-electron chi connectivity index (χ2n) is 8.41. The number of hydrogen-bond acceptors (Lipinski definition) is 6. The number of aryl methyl sites for hydroxylation is 2. The van der Waals surface area contributed by atoms with Crippen LogP contribution in [0.3, 0.4) is 0 Å². The molecule has 0 fully saturated rings. The monoisotopic (exact) mass is 450 g/mol. The highest BCUT2D eigenvalue weighted by Gasteiger charge is 2.37. The van der Waals surface area contributed by atoms with Crippen molar-refractivity contribution in [2.75, 3.05) is 10.6 Å². The van der Waals surface area contributed by atoms with Crippen molar-refractivity contribution in [1.29, 1.82) is 0 Å². The first kappa shape index (κ1) is 21.3. The van der Waals surface area contributed by atoms with E-state index in [9.17, 15) is 19.8 Å². The van der Waals surface area contributed by atoms with Gasteiger partial charge in [-0.2, -0.15) is 0 Å². The fourth-order valence-electron chi connectivity index (χ4n) is 4.13. The third-order valence-electron chi connectivity index (χ3n) is 5.95. The Bertz CT molecular complexity index is 1460. The number of aromatic hydroxyl groups is 2. The van der Waals surface area contributed by atoms with Gasteiger partial charge in [-0.15, -0.1) is 0 Å². The van der Waals surface area contributed by atoms with Crippen molar-refractivity contribution in [3.63, 3.8) is 0 Å². The average molecular weight is 450 g/mol. The average Bonchev–Trinajstić information content (AvgIpc) is 2.83. The van der Waals surface area contributed by atoms with E-state index in [0.29, 0.717) is 11.4 Å². The van der Waals surface area contributed by atoms with Crippen LogP contribution in [0.1, 0.15) is 43.0 Å². The Balaban J connectivity index is 1.69. The lowest BCUT2D eigenvalue weighted by Gasteiger charge is -2.24. The van der Waals surface area contributed by atoms with Crippen molar-refractivity contribution in [3.8, 4) is 11.5 Å². The third-order valence-corrected chi connectivity index (χ3v) is 5.95. The second-order valence-corrected chi connectivity index (χ2v) is 8.41. The quantitative estimate of drug-likeness (QED) is 0.252. The van der Waals surface area contributed by atoms with Crippen molar-refractivity contribution in [2.45, 2.75) is 13.8 Å². The Hall–Kier alpha value is -4.58. The van der Waals surface area contributed by atoms with Gasteiger partial charge in [0.2, 0.25) is 5.78 Å². The minimum absolute atomic E-state index is 0.0484. The van der Waals surface area contributed by atoms with Crippen LogP contribution < -0.4 is 10.6 Å². The van der Waals surface area contributed by atoms with Gasteiger partial charge in [0.1, 0.15) is 0 Å². The summed E-state index contributed by atoms with van der Waals surface area (Å²) in [4.78, 5) is 27.3. The van der Waals surface area contributed by atoms with E-state index in [4.69, 9.17) is 0 Å². The molecule has 0 atom stereocenters. The molecular formula is C28H22N2O4. The minimum atomic E-state index is -0.598. The molecule has 0 saturated carbocycles. The number of rotatable bonds is 4. The Labute approximate surface area is 196 Å². The maximum absolute atomic E-state index is 13.6. The van der Waals surface area contributed by atoms with Gasteiger partial charge in [-0.05, 0) is 62.4 Å². The first-order valence-electron chi connectivity index (χ1n) is 10.8. The Kier molecular flexibility index (Phi) is 5.06. The van der Waals surface area contributed by atoms with Gasteiger partial charge in [-0.1, -0.05) is 35.4 Å². The largest absolute Gasteiger partial charge is 0.504 e. The fourth-order valence-corrected chi connectivity index (χ4v) is 4.13.